The first-order chi connectivity index (χ1) is 5.92. The lowest BCUT2D eigenvalue weighted by molar-refractivity contribution is 0.300. The first-order valence-electron chi connectivity index (χ1n) is 3.93. The Balaban J connectivity index is 2.57. The molecule has 0 aliphatic carbocycles. The second kappa shape index (κ2) is 2.95. The van der Waals surface area contributed by atoms with E-state index in [4.69, 9.17) is 5.11 Å². The molecule has 0 amide bonds. The van der Waals surface area contributed by atoms with Crippen LogP contribution in [0.1, 0.15) is 5.56 Å². The molecule has 0 aliphatic heterocycles. The van der Waals surface area contributed by atoms with E-state index in [0.29, 0.717) is 6.42 Å². The zero-order valence-electron chi connectivity index (χ0n) is 6.62. The number of hydrogen-bond donors (Lipinski definition) is 2. The van der Waals surface area contributed by atoms with E-state index in [2.05, 4.69) is 10.2 Å². The Morgan fingerprint density at radius 3 is 3.17 bits per heavy atom. The Morgan fingerprint density at radius 1 is 1.42 bits per heavy atom. The molecule has 12 heavy (non-hydrogen) atoms. The Hall–Kier alpha value is -1.35. The molecule has 0 bridgehead atoms. The van der Waals surface area contributed by atoms with Gasteiger partial charge in [0.1, 0.15) is 0 Å². The number of fused-ring (bicyclic) bond motifs is 1. The van der Waals surface area contributed by atoms with E-state index in [1.165, 1.54) is 0 Å². The quantitative estimate of drug-likeness (QED) is 0.694. The van der Waals surface area contributed by atoms with Gasteiger partial charge in [-0.05, 0) is 12.0 Å². The van der Waals surface area contributed by atoms with Crippen molar-refractivity contribution in [2.24, 2.45) is 0 Å². The predicted molar refractivity (Wildman–Crippen MR) is 46.9 cm³/mol. The number of aliphatic hydroxyl groups is 1. The summed E-state index contributed by atoms with van der Waals surface area (Å²) in [6.45, 7) is 0.179. The number of nitrogens with one attached hydrogen (secondary N) is 1. The summed E-state index contributed by atoms with van der Waals surface area (Å²) in [5.41, 5.74) is 2.15. The lowest BCUT2D eigenvalue weighted by atomic mass is 10.1. The molecule has 0 aliphatic rings. The van der Waals surface area contributed by atoms with Crippen molar-refractivity contribution >= 4 is 10.9 Å². The molecular formula is C9H10N2O. The number of aromatic nitrogens is 2. The highest BCUT2D eigenvalue weighted by atomic mass is 16.2. The van der Waals surface area contributed by atoms with Gasteiger partial charge in [-0.2, -0.15) is 5.10 Å². The van der Waals surface area contributed by atoms with E-state index in [1.807, 2.05) is 18.2 Å². The van der Waals surface area contributed by atoms with Crippen molar-refractivity contribution in [3.63, 3.8) is 0 Å². The van der Waals surface area contributed by atoms with Crippen molar-refractivity contribution in [2.75, 3.05) is 6.61 Å². The largest absolute Gasteiger partial charge is 0.396 e. The number of benzene rings is 1. The summed E-state index contributed by atoms with van der Waals surface area (Å²) in [6.07, 6.45) is 2.47. The molecule has 0 radical (unpaired) electrons. The van der Waals surface area contributed by atoms with Gasteiger partial charge in [-0.15, -0.1) is 0 Å². The second-order valence-electron chi connectivity index (χ2n) is 2.72. The number of aromatic amines is 1. The molecule has 1 aromatic heterocycles. The van der Waals surface area contributed by atoms with Gasteiger partial charge < -0.3 is 5.11 Å². The summed E-state index contributed by atoms with van der Waals surface area (Å²) in [6, 6.07) is 5.97. The Labute approximate surface area is 70.0 Å². The SMILES string of the molecule is OCCc1cccc2cn[nH]c12. The second-order valence-corrected chi connectivity index (χ2v) is 2.72. The van der Waals surface area contributed by atoms with Gasteiger partial charge in [0, 0.05) is 12.0 Å². The van der Waals surface area contributed by atoms with Crippen LogP contribution in [0.2, 0.25) is 0 Å². The van der Waals surface area contributed by atoms with E-state index < -0.39 is 0 Å². The van der Waals surface area contributed by atoms with Crippen LogP contribution in [0.25, 0.3) is 10.9 Å². The van der Waals surface area contributed by atoms with Crippen LogP contribution in [-0.2, 0) is 6.42 Å². The van der Waals surface area contributed by atoms with Gasteiger partial charge in [0.15, 0.2) is 0 Å². The van der Waals surface area contributed by atoms with Crippen molar-refractivity contribution < 1.29 is 5.11 Å². The Morgan fingerprint density at radius 2 is 2.33 bits per heavy atom. The zero-order valence-corrected chi connectivity index (χ0v) is 6.62. The van der Waals surface area contributed by atoms with Gasteiger partial charge in [-0.1, -0.05) is 18.2 Å². The minimum atomic E-state index is 0.179. The molecule has 0 unspecified atom stereocenters. The highest BCUT2D eigenvalue weighted by molar-refractivity contribution is 5.81. The summed E-state index contributed by atoms with van der Waals surface area (Å²) in [5.74, 6) is 0. The molecular weight excluding hydrogens is 152 g/mol. The van der Waals surface area contributed by atoms with E-state index in [1.54, 1.807) is 6.20 Å². The first kappa shape index (κ1) is 7.31. The van der Waals surface area contributed by atoms with Crippen LogP contribution in [0.3, 0.4) is 0 Å². The number of H-pyrrole nitrogens is 1. The van der Waals surface area contributed by atoms with E-state index in [-0.39, 0.29) is 6.61 Å². The molecule has 0 fully saturated rings. The van der Waals surface area contributed by atoms with Crippen LogP contribution in [0.5, 0.6) is 0 Å². The van der Waals surface area contributed by atoms with Crippen molar-refractivity contribution in [2.45, 2.75) is 6.42 Å². The van der Waals surface area contributed by atoms with Crippen LogP contribution >= 0.6 is 0 Å². The molecule has 0 saturated carbocycles. The van der Waals surface area contributed by atoms with Gasteiger partial charge in [-0.3, -0.25) is 5.10 Å². The first-order valence-corrected chi connectivity index (χ1v) is 3.93. The third-order valence-corrected chi connectivity index (χ3v) is 1.94. The predicted octanol–water partition coefficient (Wildman–Crippen LogP) is 1.10. The normalized spacial score (nSPS) is 10.8. The fourth-order valence-electron chi connectivity index (χ4n) is 1.36. The number of hydrogen-bond acceptors (Lipinski definition) is 2. The van der Waals surface area contributed by atoms with E-state index >= 15 is 0 Å². The summed E-state index contributed by atoms with van der Waals surface area (Å²) < 4.78 is 0. The molecule has 3 heteroatoms. The van der Waals surface area contributed by atoms with Crippen molar-refractivity contribution in [1.29, 1.82) is 0 Å². The molecule has 2 rings (SSSR count). The Kier molecular flexibility index (Phi) is 1.80. The molecule has 0 atom stereocenters. The van der Waals surface area contributed by atoms with E-state index in [9.17, 15) is 0 Å². The zero-order chi connectivity index (χ0) is 8.39. The molecule has 3 nitrogen and oxygen atoms in total. The molecule has 1 aromatic carbocycles. The minimum Gasteiger partial charge on any atom is -0.396 e. The third-order valence-electron chi connectivity index (χ3n) is 1.94. The van der Waals surface area contributed by atoms with Crippen LogP contribution < -0.4 is 0 Å². The average molecular weight is 162 g/mol. The lowest BCUT2D eigenvalue weighted by Crippen LogP contribution is -1.91. The molecule has 2 aromatic rings. The van der Waals surface area contributed by atoms with Gasteiger partial charge in [-0.25, -0.2) is 0 Å². The highest BCUT2D eigenvalue weighted by Gasteiger charge is 2.00. The minimum absolute atomic E-state index is 0.179. The van der Waals surface area contributed by atoms with Crippen LogP contribution in [0.4, 0.5) is 0 Å². The molecule has 0 saturated heterocycles. The van der Waals surface area contributed by atoms with Crippen molar-refractivity contribution in [1.82, 2.24) is 10.2 Å². The van der Waals surface area contributed by atoms with Gasteiger partial charge >= 0.3 is 0 Å². The van der Waals surface area contributed by atoms with Gasteiger partial charge in [0.2, 0.25) is 0 Å². The molecule has 1 heterocycles. The maximum Gasteiger partial charge on any atom is 0.0683 e. The van der Waals surface area contributed by atoms with Crippen LogP contribution in [0, 0.1) is 0 Å². The van der Waals surface area contributed by atoms with Crippen molar-refractivity contribution in [3.8, 4) is 0 Å². The van der Waals surface area contributed by atoms with Crippen molar-refractivity contribution in [3.05, 3.63) is 30.0 Å². The summed E-state index contributed by atoms with van der Waals surface area (Å²) in [4.78, 5) is 0. The maximum absolute atomic E-state index is 8.78. The smallest absolute Gasteiger partial charge is 0.0683 e. The fourth-order valence-corrected chi connectivity index (χ4v) is 1.36. The summed E-state index contributed by atoms with van der Waals surface area (Å²) >= 11 is 0. The van der Waals surface area contributed by atoms with Gasteiger partial charge in [0.05, 0.1) is 11.7 Å². The molecule has 62 valence electrons. The summed E-state index contributed by atoms with van der Waals surface area (Å²) in [7, 11) is 0. The number of para-hydroxylation sites is 1. The Bertz CT molecular complexity index is 381. The average Bonchev–Trinajstić information content (AvgIpc) is 2.53. The number of rotatable bonds is 2. The number of nitrogens with zero attached hydrogens (tertiary/aromatic N) is 1. The van der Waals surface area contributed by atoms with E-state index in [0.717, 1.165) is 16.5 Å². The third kappa shape index (κ3) is 1.08. The monoisotopic (exact) mass is 162 g/mol. The standard InChI is InChI=1S/C9H10N2O/c12-5-4-7-2-1-3-8-6-10-11-9(7)8/h1-3,6,12H,4-5H2,(H,10,11). The summed E-state index contributed by atoms with van der Waals surface area (Å²) in [5, 5.41) is 16.7. The topological polar surface area (TPSA) is 48.9 Å². The van der Waals surface area contributed by atoms with Crippen LogP contribution in [-0.4, -0.2) is 21.9 Å². The fraction of sp³-hybridized carbons (Fsp3) is 0.222. The lowest BCUT2D eigenvalue weighted by Gasteiger charge is -1.98. The molecule has 2 N–H and O–H groups in total. The highest BCUT2D eigenvalue weighted by Crippen LogP contribution is 2.15. The number of aliphatic hydroxyl groups excluding tert-OH is 1. The van der Waals surface area contributed by atoms with Gasteiger partial charge in [0.25, 0.3) is 0 Å². The van der Waals surface area contributed by atoms with Crippen LogP contribution in [0.15, 0.2) is 24.4 Å². The maximum atomic E-state index is 8.78. The molecule has 0 spiro atoms.